The second kappa shape index (κ2) is 6.49. The van der Waals surface area contributed by atoms with Gasteiger partial charge < -0.3 is 5.32 Å². The third-order valence-electron chi connectivity index (χ3n) is 2.90. The average molecular weight is 311 g/mol. The first-order valence-electron chi connectivity index (χ1n) is 6.39. The van der Waals surface area contributed by atoms with E-state index in [0.29, 0.717) is 6.54 Å². The van der Waals surface area contributed by atoms with Crippen LogP contribution in [0.2, 0.25) is 5.15 Å². The van der Waals surface area contributed by atoms with E-state index in [4.69, 9.17) is 11.6 Å². The highest BCUT2D eigenvalue weighted by atomic mass is 35.5. The van der Waals surface area contributed by atoms with E-state index in [1.807, 2.05) is 24.6 Å². The maximum Gasteiger partial charge on any atom is 0.348 e. The summed E-state index contributed by atoms with van der Waals surface area (Å²) in [5, 5.41) is 18.0. The molecule has 0 bridgehead atoms. The van der Waals surface area contributed by atoms with Crippen LogP contribution in [-0.2, 0) is 6.54 Å². The van der Waals surface area contributed by atoms with Crippen LogP contribution in [0.5, 0.6) is 0 Å². The second-order valence-electron chi connectivity index (χ2n) is 4.55. The lowest BCUT2D eigenvalue weighted by Crippen LogP contribution is -2.11. The Hall–Kier alpha value is -2.22. The molecule has 0 saturated heterocycles. The molecule has 0 unspecified atom stereocenters. The number of hydrogen-bond donors (Lipinski definition) is 1. The molecular weight excluding hydrogens is 296 g/mol. The Kier molecular flexibility index (Phi) is 4.69. The van der Waals surface area contributed by atoms with Gasteiger partial charge in [0.1, 0.15) is 6.33 Å². The molecule has 2 heterocycles. The number of hydrogen-bond acceptors (Lipinski definition) is 6. The second-order valence-corrected chi connectivity index (χ2v) is 4.91. The smallest absolute Gasteiger partial charge is 0.348 e. The molecule has 0 spiro atoms. The minimum atomic E-state index is -0.592. The first-order chi connectivity index (χ1) is 9.99. The summed E-state index contributed by atoms with van der Waals surface area (Å²) < 4.78 is 1.90. The molecule has 0 atom stereocenters. The van der Waals surface area contributed by atoms with Gasteiger partial charge in [-0.05, 0) is 26.3 Å². The molecule has 0 saturated carbocycles. The topological polar surface area (TPSA) is 98.8 Å². The Morgan fingerprint density at radius 1 is 1.43 bits per heavy atom. The van der Waals surface area contributed by atoms with Gasteiger partial charge >= 0.3 is 5.69 Å². The molecule has 0 aliphatic carbocycles. The third kappa shape index (κ3) is 3.66. The van der Waals surface area contributed by atoms with Gasteiger partial charge in [-0.3, -0.25) is 14.8 Å². The summed E-state index contributed by atoms with van der Waals surface area (Å²) in [6.07, 6.45) is 1.94. The van der Waals surface area contributed by atoms with Crippen molar-refractivity contribution in [3.8, 4) is 0 Å². The number of anilines is 1. The highest BCUT2D eigenvalue weighted by molar-refractivity contribution is 6.31. The van der Waals surface area contributed by atoms with Crippen molar-refractivity contribution in [2.75, 3.05) is 11.9 Å². The highest BCUT2D eigenvalue weighted by Crippen LogP contribution is 2.28. The van der Waals surface area contributed by atoms with Crippen LogP contribution >= 0.6 is 11.6 Å². The molecule has 2 aromatic heterocycles. The SMILES string of the molecule is Cc1cc(C)n(CCCNc2ncnc(Cl)c2[N+](=O)[O-])n1. The van der Waals surface area contributed by atoms with Gasteiger partial charge in [0.25, 0.3) is 0 Å². The molecule has 0 aliphatic rings. The van der Waals surface area contributed by atoms with E-state index in [9.17, 15) is 10.1 Å². The standard InChI is InChI=1S/C12H15ClN6O2/c1-8-6-9(2)18(17-8)5-3-4-14-12-10(19(20)21)11(13)15-7-16-12/h6-7H,3-5H2,1-2H3,(H,14,15,16). The molecule has 2 rings (SSSR count). The predicted octanol–water partition coefficient (Wildman–Crippen LogP) is 2.35. The summed E-state index contributed by atoms with van der Waals surface area (Å²) in [5.74, 6) is 0.133. The Balaban J connectivity index is 1.94. The zero-order valence-corrected chi connectivity index (χ0v) is 12.5. The van der Waals surface area contributed by atoms with Crippen molar-refractivity contribution in [1.29, 1.82) is 0 Å². The molecule has 21 heavy (non-hydrogen) atoms. The molecule has 0 fully saturated rings. The molecular formula is C12H15ClN6O2. The molecule has 8 nitrogen and oxygen atoms in total. The molecule has 112 valence electrons. The van der Waals surface area contributed by atoms with Crippen LogP contribution in [-0.4, -0.2) is 31.2 Å². The number of nitro groups is 1. The van der Waals surface area contributed by atoms with Crippen molar-refractivity contribution in [2.24, 2.45) is 0 Å². The number of nitrogens with one attached hydrogen (secondary N) is 1. The van der Waals surface area contributed by atoms with Crippen molar-refractivity contribution < 1.29 is 4.92 Å². The van der Waals surface area contributed by atoms with Gasteiger partial charge in [-0.2, -0.15) is 5.10 Å². The largest absolute Gasteiger partial charge is 0.364 e. The van der Waals surface area contributed by atoms with Crippen LogP contribution in [0.3, 0.4) is 0 Å². The lowest BCUT2D eigenvalue weighted by Gasteiger charge is -2.07. The predicted molar refractivity (Wildman–Crippen MR) is 78.5 cm³/mol. The minimum absolute atomic E-state index is 0.133. The van der Waals surface area contributed by atoms with E-state index in [2.05, 4.69) is 20.4 Å². The quantitative estimate of drug-likeness (QED) is 0.380. The van der Waals surface area contributed by atoms with Gasteiger partial charge in [-0.1, -0.05) is 11.6 Å². The van der Waals surface area contributed by atoms with Gasteiger partial charge in [0.2, 0.25) is 11.0 Å². The van der Waals surface area contributed by atoms with Gasteiger partial charge in [0, 0.05) is 18.8 Å². The third-order valence-corrected chi connectivity index (χ3v) is 3.18. The zero-order valence-electron chi connectivity index (χ0n) is 11.7. The fourth-order valence-electron chi connectivity index (χ4n) is 1.99. The lowest BCUT2D eigenvalue weighted by molar-refractivity contribution is -0.384. The van der Waals surface area contributed by atoms with E-state index in [1.165, 1.54) is 6.33 Å². The summed E-state index contributed by atoms with van der Waals surface area (Å²) in [5.41, 5.74) is 1.76. The number of nitrogens with zero attached hydrogens (tertiary/aromatic N) is 5. The Morgan fingerprint density at radius 2 is 2.19 bits per heavy atom. The summed E-state index contributed by atoms with van der Waals surface area (Å²) in [4.78, 5) is 17.8. The summed E-state index contributed by atoms with van der Waals surface area (Å²) in [7, 11) is 0. The van der Waals surface area contributed by atoms with Crippen molar-refractivity contribution >= 4 is 23.1 Å². The van der Waals surface area contributed by atoms with Crippen molar-refractivity contribution in [3.05, 3.63) is 39.0 Å². The monoisotopic (exact) mass is 310 g/mol. The number of aryl methyl sites for hydroxylation is 3. The maximum absolute atomic E-state index is 10.9. The Bertz CT molecular complexity index is 657. The fourth-order valence-corrected chi connectivity index (χ4v) is 2.19. The zero-order chi connectivity index (χ0) is 15.4. The van der Waals surface area contributed by atoms with Gasteiger partial charge in [-0.25, -0.2) is 9.97 Å². The van der Waals surface area contributed by atoms with Gasteiger partial charge in [0.05, 0.1) is 10.6 Å². The van der Waals surface area contributed by atoms with Crippen molar-refractivity contribution in [3.63, 3.8) is 0 Å². The highest BCUT2D eigenvalue weighted by Gasteiger charge is 2.20. The molecule has 2 aromatic rings. The molecule has 0 aliphatic heterocycles. The number of rotatable bonds is 6. The lowest BCUT2D eigenvalue weighted by atomic mass is 10.3. The summed E-state index contributed by atoms with van der Waals surface area (Å²) in [6.45, 7) is 5.17. The van der Waals surface area contributed by atoms with Gasteiger partial charge in [0.15, 0.2) is 0 Å². The Labute approximate surface area is 126 Å². The van der Waals surface area contributed by atoms with Crippen LogP contribution in [0, 0.1) is 24.0 Å². The van der Waals surface area contributed by atoms with Gasteiger partial charge in [-0.15, -0.1) is 0 Å². The molecule has 9 heteroatoms. The van der Waals surface area contributed by atoms with E-state index >= 15 is 0 Å². The van der Waals surface area contributed by atoms with Crippen LogP contribution in [0.15, 0.2) is 12.4 Å². The van der Waals surface area contributed by atoms with Crippen LogP contribution in [0.1, 0.15) is 17.8 Å². The molecule has 0 radical (unpaired) electrons. The van der Waals surface area contributed by atoms with Crippen molar-refractivity contribution in [2.45, 2.75) is 26.8 Å². The normalized spacial score (nSPS) is 10.6. The average Bonchev–Trinajstić information content (AvgIpc) is 2.72. The Morgan fingerprint density at radius 3 is 2.81 bits per heavy atom. The maximum atomic E-state index is 10.9. The molecule has 0 amide bonds. The minimum Gasteiger partial charge on any atom is -0.364 e. The van der Waals surface area contributed by atoms with E-state index in [0.717, 1.165) is 24.4 Å². The number of aromatic nitrogens is 4. The summed E-state index contributed by atoms with van der Waals surface area (Å²) >= 11 is 5.71. The summed E-state index contributed by atoms with van der Waals surface area (Å²) in [6, 6.07) is 2.00. The van der Waals surface area contributed by atoms with Crippen LogP contribution in [0.25, 0.3) is 0 Å². The van der Waals surface area contributed by atoms with Crippen LogP contribution < -0.4 is 5.32 Å². The first-order valence-corrected chi connectivity index (χ1v) is 6.76. The van der Waals surface area contributed by atoms with E-state index < -0.39 is 4.92 Å². The number of halogens is 1. The van der Waals surface area contributed by atoms with Crippen molar-refractivity contribution in [1.82, 2.24) is 19.7 Å². The van der Waals surface area contributed by atoms with Crippen LogP contribution in [0.4, 0.5) is 11.5 Å². The van der Waals surface area contributed by atoms with E-state index in [-0.39, 0.29) is 16.7 Å². The molecule has 1 N–H and O–H groups in total. The van der Waals surface area contributed by atoms with E-state index in [1.54, 1.807) is 0 Å². The first kappa shape index (κ1) is 15.2. The fraction of sp³-hybridized carbons (Fsp3) is 0.417. The molecule has 0 aromatic carbocycles.